The van der Waals surface area contributed by atoms with Crippen LogP contribution in [0.25, 0.3) is 17.5 Å². The van der Waals surface area contributed by atoms with Crippen molar-refractivity contribution < 1.29 is 18.4 Å². The molecule has 2 heterocycles. The molecule has 0 unspecified atom stereocenters. The molecule has 3 aromatic rings. The molecule has 1 saturated heterocycles. The van der Waals surface area contributed by atoms with Gasteiger partial charge < -0.3 is 14.2 Å². The van der Waals surface area contributed by atoms with Crippen molar-refractivity contribution in [1.29, 1.82) is 0 Å². The van der Waals surface area contributed by atoms with E-state index in [9.17, 15) is 9.18 Å². The molecule has 4 rings (SSSR count). The minimum Gasteiger partial charge on any atom is -0.482 e. The standard InChI is InChI=1S/C20H15ClFN3O3S/c21-14-6-2-4-8-16(14)27-12-18(26)25-9-10-29-19(25)11-17-23-20(24-28-17)13-5-1-3-7-15(13)22/h1-8,11H,9-10,12H2/b19-11+. The van der Waals surface area contributed by atoms with Gasteiger partial charge in [-0.15, -0.1) is 11.8 Å². The van der Waals surface area contributed by atoms with E-state index in [1.54, 1.807) is 53.4 Å². The van der Waals surface area contributed by atoms with Crippen molar-refractivity contribution in [2.24, 2.45) is 0 Å². The summed E-state index contributed by atoms with van der Waals surface area (Å²) in [6.07, 6.45) is 1.61. The van der Waals surface area contributed by atoms with Crippen molar-refractivity contribution in [1.82, 2.24) is 15.0 Å². The molecule has 1 aliphatic rings. The normalized spacial score (nSPS) is 15.1. The molecule has 0 radical (unpaired) electrons. The highest BCUT2D eigenvalue weighted by Gasteiger charge is 2.25. The molecule has 148 valence electrons. The Morgan fingerprint density at radius 2 is 2.07 bits per heavy atom. The number of benzene rings is 2. The molecule has 29 heavy (non-hydrogen) atoms. The maximum absolute atomic E-state index is 13.9. The lowest BCUT2D eigenvalue weighted by Crippen LogP contribution is -2.31. The molecule has 0 saturated carbocycles. The van der Waals surface area contributed by atoms with Crippen LogP contribution >= 0.6 is 23.4 Å². The molecule has 0 atom stereocenters. The largest absolute Gasteiger partial charge is 0.482 e. The fraction of sp³-hybridized carbons (Fsp3) is 0.150. The van der Waals surface area contributed by atoms with Crippen LogP contribution in [0.3, 0.4) is 0 Å². The SMILES string of the molecule is O=C(COc1ccccc1Cl)N1CCS/C1=C/c1nc(-c2ccccc2F)no1. The Balaban J connectivity index is 1.47. The Morgan fingerprint density at radius 3 is 2.90 bits per heavy atom. The quantitative estimate of drug-likeness (QED) is 0.593. The van der Waals surface area contributed by atoms with Crippen LogP contribution in [0.2, 0.25) is 5.02 Å². The van der Waals surface area contributed by atoms with E-state index in [2.05, 4.69) is 10.1 Å². The van der Waals surface area contributed by atoms with Crippen LogP contribution in [0, 0.1) is 5.82 Å². The summed E-state index contributed by atoms with van der Waals surface area (Å²) in [5.41, 5.74) is 0.251. The fourth-order valence-electron chi connectivity index (χ4n) is 2.73. The van der Waals surface area contributed by atoms with Gasteiger partial charge in [0.25, 0.3) is 11.8 Å². The molecule has 1 fully saturated rings. The molecule has 0 aliphatic carbocycles. The third-order valence-electron chi connectivity index (χ3n) is 4.12. The van der Waals surface area contributed by atoms with Gasteiger partial charge in [-0.2, -0.15) is 4.98 Å². The Bertz CT molecular complexity index is 1070. The number of hydrogen-bond donors (Lipinski definition) is 0. The number of rotatable bonds is 5. The van der Waals surface area contributed by atoms with E-state index in [1.165, 1.54) is 17.8 Å². The molecular formula is C20H15ClFN3O3S. The second kappa shape index (κ2) is 8.67. The maximum atomic E-state index is 13.9. The zero-order valence-corrected chi connectivity index (χ0v) is 16.6. The molecule has 1 amide bonds. The highest BCUT2D eigenvalue weighted by molar-refractivity contribution is 8.03. The molecule has 0 N–H and O–H groups in total. The van der Waals surface area contributed by atoms with E-state index in [1.807, 2.05) is 0 Å². The van der Waals surface area contributed by atoms with E-state index in [-0.39, 0.29) is 29.8 Å². The van der Waals surface area contributed by atoms with Crippen LogP contribution < -0.4 is 4.74 Å². The first kappa shape index (κ1) is 19.5. The van der Waals surface area contributed by atoms with E-state index < -0.39 is 5.82 Å². The van der Waals surface area contributed by atoms with Gasteiger partial charge in [0, 0.05) is 18.4 Å². The average Bonchev–Trinajstić information content (AvgIpc) is 3.37. The van der Waals surface area contributed by atoms with Crippen LogP contribution in [0.5, 0.6) is 5.75 Å². The summed E-state index contributed by atoms with van der Waals surface area (Å²) in [7, 11) is 0. The van der Waals surface area contributed by atoms with E-state index >= 15 is 0 Å². The van der Waals surface area contributed by atoms with Crippen LogP contribution in [0.4, 0.5) is 4.39 Å². The number of thioether (sulfide) groups is 1. The Kier molecular flexibility index (Phi) is 5.82. The van der Waals surface area contributed by atoms with Gasteiger partial charge in [0.1, 0.15) is 11.6 Å². The van der Waals surface area contributed by atoms with Gasteiger partial charge in [0.05, 0.1) is 15.6 Å². The van der Waals surface area contributed by atoms with Crippen LogP contribution in [-0.4, -0.2) is 39.9 Å². The summed E-state index contributed by atoms with van der Waals surface area (Å²) < 4.78 is 24.6. The molecule has 1 aromatic heterocycles. The first-order chi connectivity index (χ1) is 14.1. The lowest BCUT2D eigenvalue weighted by molar-refractivity contribution is -0.130. The predicted octanol–water partition coefficient (Wildman–Crippen LogP) is 4.48. The zero-order chi connectivity index (χ0) is 20.2. The van der Waals surface area contributed by atoms with Crippen molar-refractivity contribution in [3.8, 4) is 17.1 Å². The van der Waals surface area contributed by atoms with Gasteiger partial charge in [0.2, 0.25) is 5.82 Å². The van der Waals surface area contributed by atoms with Gasteiger partial charge in [-0.05, 0) is 24.3 Å². The average molecular weight is 432 g/mol. The third-order valence-corrected chi connectivity index (χ3v) is 5.46. The number of carbonyl (C=O) groups is 1. The van der Waals surface area contributed by atoms with Gasteiger partial charge in [-0.1, -0.05) is 41.0 Å². The number of amides is 1. The Labute approximate surface area is 175 Å². The molecule has 0 spiro atoms. The second-order valence-electron chi connectivity index (χ2n) is 6.03. The smallest absolute Gasteiger partial charge is 0.265 e. The number of ether oxygens (including phenoxy) is 1. The van der Waals surface area contributed by atoms with Crippen molar-refractivity contribution in [3.63, 3.8) is 0 Å². The van der Waals surface area contributed by atoms with E-state index in [0.717, 1.165) is 5.75 Å². The predicted molar refractivity (Wildman–Crippen MR) is 109 cm³/mol. The first-order valence-corrected chi connectivity index (χ1v) is 10.1. The first-order valence-electron chi connectivity index (χ1n) is 8.72. The summed E-state index contributed by atoms with van der Waals surface area (Å²) in [6.45, 7) is 0.390. The van der Waals surface area contributed by atoms with Gasteiger partial charge in [-0.3, -0.25) is 4.79 Å². The molecule has 0 bridgehead atoms. The Hall–Kier alpha value is -2.84. The minimum absolute atomic E-state index is 0.147. The lowest BCUT2D eigenvalue weighted by atomic mass is 10.2. The maximum Gasteiger partial charge on any atom is 0.265 e. The van der Waals surface area contributed by atoms with Gasteiger partial charge in [0.15, 0.2) is 6.61 Å². The van der Waals surface area contributed by atoms with Crippen LogP contribution in [0.15, 0.2) is 58.1 Å². The highest BCUT2D eigenvalue weighted by Crippen LogP contribution is 2.31. The number of para-hydroxylation sites is 1. The molecule has 2 aromatic carbocycles. The van der Waals surface area contributed by atoms with Crippen molar-refractivity contribution in [2.45, 2.75) is 0 Å². The van der Waals surface area contributed by atoms with E-state index in [4.69, 9.17) is 20.9 Å². The summed E-state index contributed by atoms with van der Waals surface area (Å²) >= 11 is 7.54. The topological polar surface area (TPSA) is 68.5 Å². The van der Waals surface area contributed by atoms with Gasteiger partial charge >= 0.3 is 0 Å². The number of halogens is 2. The molecule has 6 nitrogen and oxygen atoms in total. The summed E-state index contributed by atoms with van der Waals surface area (Å²) in [5.74, 6) is 0.880. The summed E-state index contributed by atoms with van der Waals surface area (Å²) in [4.78, 5) is 18.4. The highest BCUT2D eigenvalue weighted by atomic mass is 35.5. The van der Waals surface area contributed by atoms with Crippen molar-refractivity contribution >= 4 is 35.3 Å². The van der Waals surface area contributed by atoms with Crippen molar-refractivity contribution in [3.05, 3.63) is 70.3 Å². The van der Waals surface area contributed by atoms with Crippen LogP contribution in [-0.2, 0) is 4.79 Å². The monoisotopic (exact) mass is 431 g/mol. The summed E-state index contributed by atoms with van der Waals surface area (Å²) in [6, 6.07) is 13.2. The number of carbonyl (C=O) groups excluding carboxylic acids is 1. The second-order valence-corrected chi connectivity index (χ2v) is 7.55. The number of nitrogens with zero attached hydrogens (tertiary/aromatic N) is 3. The lowest BCUT2D eigenvalue weighted by Gasteiger charge is -2.17. The zero-order valence-electron chi connectivity index (χ0n) is 15.0. The minimum atomic E-state index is -0.434. The Morgan fingerprint density at radius 1 is 1.28 bits per heavy atom. The van der Waals surface area contributed by atoms with Crippen molar-refractivity contribution in [2.75, 3.05) is 18.9 Å². The molecule has 9 heteroatoms. The fourth-order valence-corrected chi connectivity index (χ4v) is 3.93. The molecular weight excluding hydrogens is 417 g/mol. The van der Waals surface area contributed by atoms with Crippen LogP contribution in [0.1, 0.15) is 5.89 Å². The number of hydrogen-bond acceptors (Lipinski definition) is 6. The third kappa shape index (κ3) is 4.44. The van der Waals surface area contributed by atoms with Gasteiger partial charge in [-0.25, -0.2) is 4.39 Å². The van der Waals surface area contributed by atoms with E-state index in [0.29, 0.717) is 22.3 Å². The molecule has 1 aliphatic heterocycles. The summed E-state index contributed by atoms with van der Waals surface area (Å²) in [5, 5.41) is 4.93. The number of aromatic nitrogens is 2.